The second kappa shape index (κ2) is 6.54. The number of hydrogen-bond donors (Lipinski definition) is 2. The van der Waals surface area contributed by atoms with Crippen molar-refractivity contribution in [1.29, 1.82) is 0 Å². The number of carbonyl (C=O) groups is 2. The quantitative estimate of drug-likeness (QED) is 0.746. The fraction of sp³-hybridized carbons (Fsp3) is 0.100. The molecule has 0 saturated carbocycles. The molecule has 0 fully saturated rings. The van der Waals surface area contributed by atoms with E-state index in [1.54, 1.807) is 12.1 Å². The van der Waals surface area contributed by atoms with E-state index in [0.29, 0.717) is 6.42 Å². The van der Waals surface area contributed by atoms with Gasteiger partial charge in [-0.1, -0.05) is 54.6 Å². The van der Waals surface area contributed by atoms with Crippen molar-refractivity contribution in [2.45, 2.75) is 12.3 Å². The highest BCUT2D eigenvalue weighted by Gasteiger charge is 2.22. The minimum absolute atomic E-state index is 0.191. The van der Waals surface area contributed by atoms with Crippen LogP contribution in [0, 0.1) is 0 Å². The van der Waals surface area contributed by atoms with Crippen LogP contribution in [-0.4, -0.2) is 22.2 Å². The van der Waals surface area contributed by atoms with Gasteiger partial charge in [0.15, 0.2) is 0 Å². The zero-order chi connectivity index (χ0) is 17.1. The second-order valence-electron chi connectivity index (χ2n) is 5.67. The highest BCUT2D eigenvalue weighted by Crippen LogP contribution is 2.28. The van der Waals surface area contributed by atoms with Gasteiger partial charge in [0.25, 0.3) is 0 Å². The number of aromatic carboxylic acids is 1. The summed E-state index contributed by atoms with van der Waals surface area (Å²) >= 11 is 0. The predicted molar refractivity (Wildman–Crippen MR) is 91.4 cm³/mol. The zero-order valence-electron chi connectivity index (χ0n) is 12.8. The van der Waals surface area contributed by atoms with Gasteiger partial charge >= 0.3 is 11.9 Å². The van der Waals surface area contributed by atoms with Gasteiger partial charge in [-0.2, -0.15) is 0 Å². The Bertz CT molecular complexity index is 892. The molecular formula is C20H16O4. The summed E-state index contributed by atoms with van der Waals surface area (Å²) in [6.07, 6.45) is 0.309. The Kier molecular flexibility index (Phi) is 4.29. The van der Waals surface area contributed by atoms with Crippen molar-refractivity contribution >= 4 is 22.7 Å². The molecule has 0 aromatic heterocycles. The van der Waals surface area contributed by atoms with Gasteiger partial charge in [0, 0.05) is 0 Å². The van der Waals surface area contributed by atoms with E-state index >= 15 is 0 Å². The second-order valence-corrected chi connectivity index (χ2v) is 5.67. The standard InChI is InChI=1S/C20H16O4/c21-19(22)15-10-8-13(9-11-15)12-18(20(23)24)17-7-3-5-14-4-1-2-6-16(14)17/h1-11,18H,12H2,(H,21,22)(H,23,24). The van der Waals surface area contributed by atoms with E-state index in [4.69, 9.17) is 5.11 Å². The van der Waals surface area contributed by atoms with Gasteiger partial charge < -0.3 is 10.2 Å². The highest BCUT2D eigenvalue weighted by atomic mass is 16.4. The van der Waals surface area contributed by atoms with Gasteiger partial charge in [-0.25, -0.2) is 4.79 Å². The highest BCUT2D eigenvalue weighted by molar-refractivity contribution is 5.91. The maximum atomic E-state index is 11.8. The summed E-state index contributed by atoms with van der Waals surface area (Å²) in [4.78, 5) is 22.7. The lowest BCUT2D eigenvalue weighted by molar-refractivity contribution is -0.138. The average Bonchev–Trinajstić information content (AvgIpc) is 2.59. The molecule has 0 aliphatic heterocycles. The molecule has 0 aliphatic carbocycles. The molecule has 0 bridgehead atoms. The minimum Gasteiger partial charge on any atom is -0.481 e. The molecule has 3 aromatic carbocycles. The molecular weight excluding hydrogens is 304 g/mol. The molecule has 0 aliphatic rings. The molecule has 0 saturated heterocycles. The van der Waals surface area contributed by atoms with Crippen LogP contribution in [0.3, 0.4) is 0 Å². The maximum Gasteiger partial charge on any atom is 0.335 e. The Labute approximate surface area is 139 Å². The molecule has 4 heteroatoms. The first-order chi connectivity index (χ1) is 11.6. The summed E-state index contributed by atoms with van der Waals surface area (Å²) in [5.74, 6) is -2.58. The normalized spacial score (nSPS) is 12.0. The number of fused-ring (bicyclic) bond motifs is 1. The largest absolute Gasteiger partial charge is 0.481 e. The van der Waals surface area contributed by atoms with Gasteiger partial charge in [-0.3, -0.25) is 4.79 Å². The summed E-state index contributed by atoms with van der Waals surface area (Å²) in [7, 11) is 0. The molecule has 120 valence electrons. The molecule has 1 atom stereocenters. The smallest absolute Gasteiger partial charge is 0.335 e. The van der Waals surface area contributed by atoms with Crippen molar-refractivity contribution in [3.8, 4) is 0 Å². The number of aliphatic carboxylic acids is 1. The molecule has 4 nitrogen and oxygen atoms in total. The van der Waals surface area contributed by atoms with E-state index in [1.165, 1.54) is 12.1 Å². The Morgan fingerprint density at radius 1 is 0.833 bits per heavy atom. The van der Waals surface area contributed by atoms with Gasteiger partial charge in [-0.15, -0.1) is 0 Å². The SMILES string of the molecule is O=C(O)c1ccc(CC(C(=O)O)c2cccc3ccccc23)cc1. The van der Waals surface area contributed by atoms with E-state index in [-0.39, 0.29) is 5.56 Å². The van der Waals surface area contributed by atoms with E-state index in [1.807, 2.05) is 42.5 Å². The number of rotatable bonds is 5. The molecule has 0 heterocycles. The summed E-state index contributed by atoms with van der Waals surface area (Å²) < 4.78 is 0. The van der Waals surface area contributed by atoms with Crippen molar-refractivity contribution in [3.05, 3.63) is 83.4 Å². The molecule has 3 aromatic rings. The third kappa shape index (κ3) is 3.13. The van der Waals surface area contributed by atoms with Crippen LogP contribution < -0.4 is 0 Å². The Morgan fingerprint density at radius 3 is 2.17 bits per heavy atom. The fourth-order valence-corrected chi connectivity index (χ4v) is 2.90. The maximum absolute atomic E-state index is 11.8. The fourth-order valence-electron chi connectivity index (χ4n) is 2.90. The van der Waals surface area contributed by atoms with Crippen LogP contribution in [0.5, 0.6) is 0 Å². The first kappa shape index (κ1) is 15.7. The van der Waals surface area contributed by atoms with E-state index in [9.17, 15) is 14.7 Å². The Hall–Kier alpha value is -3.14. The van der Waals surface area contributed by atoms with Crippen LogP contribution in [0.4, 0.5) is 0 Å². The summed E-state index contributed by atoms with van der Waals surface area (Å²) in [5.41, 5.74) is 1.75. The predicted octanol–water partition coefficient (Wildman–Crippen LogP) is 3.95. The van der Waals surface area contributed by atoms with E-state index in [0.717, 1.165) is 21.9 Å². The van der Waals surface area contributed by atoms with Crippen LogP contribution in [-0.2, 0) is 11.2 Å². The van der Waals surface area contributed by atoms with Gasteiger partial charge in [-0.05, 0) is 40.5 Å². The topological polar surface area (TPSA) is 74.6 Å². The van der Waals surface area contributed by atoms with Crippen molar-refractivity contribution in [2.24, 2.45) is 0 Å². The average molecular weight is 320 g/mol. The monoisotopic (exact) mass is 320 g/mol. The number of benzene rings is 3. The molecule has 0 radical (unpaired) electrons. The van der Waals surface area contributed by atoms with Crippen LogP contribution >= 0.6 is 0 Å². The summed E-state index contributed by atoms with van der Waals surface area (Å²) in [5, 5.41) is 20.6. The number of carboxylic acid groups (broad SMARTS) is 2. The molecule has 24 heavy (non-hydrogen) atoms. The van der Waals surface area contributed by atoms with Crippen molar-refractivity contribution in [3.63, 3.8) is 0 Å². The van der Waals surface area contributed by atoms with Gasteiger partial charge in [0.2, 0.25) is 0 Å². The Morgan fingerprint density at radius 2 is 1.50 bits per heavy atom. The minimum atomic E-state index is -0.995. The number of carboxylic acids is 2. The Balaban J connectivity index is 1.98. The lowest BCUT2D eigenvalue weighted by Crippen LogP contribution is -2.15. The van der Waals surface area contributed by atoms with Crippen molar-refractivity contribution in [2.75, 3.05) is 0 Å². The molecule has 0 spiro atoms. The van der Waals surface area contributed by atoms with Crippen molar-refractivity contribution < 1.29 is 19.8 Å². The zero-order valence-corrected chi connectivity index (χ0v) is 12.8. The summed E-state index contributed by atoms with van der Waals surface area (Å²) in [6, 6.07) is 19.7. The summed E-state index contributed by atoms with van der Waals surface area (Å²) in [6.45, 7) is 0. The van der Waals surface area contributed by atoms with Crippen LogP contribution in [0.1, 0.15) is 27.4 Å². The lowest BCUT2D eigenvalue weighted by atomic mass is 9.88. The molecule has 3 rings (SSSR count). The van der Waals surface area contributed by atoms with E-state index in [2.05, 4.69) is 0 Å². The third-order valence-corrected chi connectivity index (χ3v) is 4.14. The van der Waals surface area contributed by atoms with E-state index < -0.39 is 17.9 Å². The van der Waals surface area contributed by atoms with Gasteiger partial charge in [0.05, 0.1) is 11.5 Å². The molecule has 1 unspecified atom stereocenters. The number of hydrogen-bond acceptors (Lipinski definition) is 2. The molecule has 0 amide bonds. The van der Waals surface area contributed by atoms with Crippen LogP contribution in [0.25, 0.3) is 10.8 Å². The van der Waals surface area contributed by atoms with Crippen LogP contribution in [0.15, 0.2) is 66.7 Å². The lowest BCUT2D eigenvalue weighted by Gasteiger charge is -2.15. The third-order valence-electron chi connectivity index (χ3n) is 4.14. The van der Waals surface area contributed by atoms with Crippen LogP contribution in [0.2, 0.25) is 0 Å². The van der Waals surface area contributed by atoms with Crippen molar-refractivity contribution in [1.82, 2.24) is 0 Å². The molecule has 2 N–H and O–H groups in total. The first-order valence-electron chi connectivity index (χ1n) is 7.59. The first-order valence-corrected chi connectivity index (χ1v) is 7.59. The van der Waals surface area contributed by atoms with Gasteiger partial charge in [0.1, 0.15) is 0 Å².